The maximum Gasteiger partial charge on any atom is 0.267 e. The summed E-state index contributed by atoms with van der Waals surface area (Å²) in [6.45, 7) is 0. The molecule has 5 heteroatoms. The molecule has 0 radical (unpaired) electrons. The molecule has 1 amide bonds. The summed E-state index contributed by atoms with van der Waals surface area (Å²) in [5.74, 6) is -0.553. The van der Waals surface area contributed by atoms with Crippen LogP contribution in [0, 0.1) is 0 Å². The van der Waals surface area contributed by atoms with Gasteiger partial charge in [-0.15, -0.1) is 0 Å². The van der Waals surface area contributed by atoms with E-state index in [2.05, 4.69) is 4.98 Å². The maximum atomic E-state index is 10.7. The summed E-state index contributed by atoms with van der Waals surface area (Å²) in [7, 11) is 3.05. The van der Waals surface area contributed by atoms with E-state index >= 15 is 0 Å². The molecule has 0 fully saturated rings. The molecular weight excluding hydrogens is 184 g/mol. The Morgan fingerprint density at radius 1 is 1.43 bits per heavy atom. The molecule has 1 rings (SSSR count). The quantitative estimate of drug-likeness (QED) is 0.710. The summed E-state index contributed by atoms with van der Waals surface area (Å²) in [6.07, 6.45) is 1.03. The molecule has 0 atom stereocenters. The van der Waals surface area contributed by atoms with Crippen LogP contribution in [-0.2, 0) is 9.47 Å². The highest BCUT2D eigenvalue weighted by Gasteiger charge is 2.09. The van der Waals surface area contributed by atoms with E-state index in [0.29, 0.717) is 0 Å². The van der Waals surface area contributed by atoms with Gasteiger partial charge in [-0.1, -0.05) is 6.07 Å². The van der Waals surface area contributed by atoms with Gasteiger partial charge in [0.15, 0.2) is 6.29 Å². The number of ether oxygens (including phenoxy) is 2. The maximum absolute atomic E-state index is 10.7. The highest BCUT2D eigenvalue weighted by molar-refractivity contribution is 5.90. The second-order valence-corrected chi connectivity index (χ2v) is 2.64. The predicted octanol–water partition coefficient (Wildman–Crippen LogP) is 0.472. The molecule has 0 aromatic carbocycles. The van der Waals surface area contributed by atoms with E-state index in [0.717, 1.165) is 5.56 Å². The minimum absolute atomic E-state index is 0.222. The van der Waals surface area contributed by atoms with Crippen molar-refractivity contribution in [1.29, 1.82) is 0 Å². The van der Waals surface area contributed by atoms with Crippen molar-refractivity contribution < 1.29 is 14.3 Å². The number of nitrogens with zero attached hydrogens (tertiary/aromatic N) is 1. The second-order valence-electron chi connectivity index (χ2n) is 2.64. The number of aromatic nitrogens is 1. The lowest BCUT2D eigenvalue weighted by atomic mass is 10.2. The van der Waals surface area contributed by atoms with E-state index in [-0.39, 0.29) is 5.69 Å². The molecule has 0 unspecified atom stereocenters. The zero-order valence-electron chi connectivity index (χ0n) is 8.06. The van der Waals surface area contributed by atoms with Crippen molar-refractivity contribution in [2.45, 2.75) is 6.29 Å². The van der Waals surface area contributed by atoms with Gasteiger partial charge in [0.25, 0.3) is 5.91 Å². The van der Waals surface area contributed by atoms with E-state index in [1.54, 1.807) is 6.07 Å². The molecular formula is C9H12N2O3. The molecule has 0 aliphatic rings. The molecule has 0 saturated carbocycles. The third-order valence-electron chi connectivity index (χ3n) is 1.74. The van der Waals surface area contributed by atoms with Crippen LogP contribution >= 0.6 is 0 Å². The topological polar surface area (TPSA) is 74.4 Å². The lowest BCUT2D eigenvalue weighted by molar-refractivity contribution is -0.106. The van der Waals surface area contributed by atoms with Crippen LogP contribution in [0.5, 0.6) is 0 Å². The molecule has 1 heterocycles. The Morgan fingerprint density at radius 3 is 2.43 bits per heavy atom. The predicted molar refractivity (Wildman–Crippen MR) is 49.5 cm³/mol. The summed E-state index contributed by atoms with van der Waals surface area (Å²) in [6, 6.07) is 3.22. The molecule has 1 aromatic heterocycles. The molecule has 1 aromatic rings. The highest BCUT2D eigenvalue weighted by Crippen LogP contribution is 2.15. The molecule has 76 valence electrons. The molecule has 5 nitrogen and oxygen atoms in total. The van der Waals surface area contributed by atoms with Crippen LogP contribution in [0.1, 0.15) is 22.3 Å². The summed E-state index contributed by atoms with van der Waals surface area (Å²) < 4.78 is 10.0. The van der Waals surface area contributed by atoms with Crippen molar-refractivity contribution >= 4 is 5.91 Å². The monoisotopic (exact) mass is 196 g/mol. The fourth-order valence-electron chi connectivity index (χ4n) is 1.06. The summed E-state index contributed by atoms with van der Waals surface area (Å²) in [5, 5.41) is 0. The van der Waals surface area contributed by atoms with Gasteiger partial charge in [0.2, 0.25) is 0 Å². The largest absolute Gasteiger partial charge is 0.364 e. The Labute approximate surface area is 81.8 Å². The average Bonchev–Trinajstić information content (AvgIpc) is 2.20. The zero-order valence-corrected chi connectivity index (χ0v) is 8.06. The number of primary amides is 1. The van der Waals surface area contributed by atoms with Crippen LogP contribution in [-0.4, -0.2) is 25.1 Å². The van der Waals surface area contributed by atoms with Crippen molar-refractivity contribution in [2.75, 3.05) is 14.2 Å². The number of rotatable bonds is 4. The van der Waals surface area contributed by atoms with Crippen LogP contribution in [0.4, 0.5) is 0 Å². The van der Waals surface area contributed by atoms with Crippen LogP contribution in [0.3, 0.4) is 0 Å². The van der Waals surface area contributed by atoms with E-state index in [9.17, 15) is 4.79 Å². The second kappa shape index (κ2) is 4.69. The molecule has 0 saturated heterocycles. The summed E-state index contributed by atoms with van der Waals surface area (Å²) >= 11 is 0. The molecule has 14 heavy (non-hydrogen) atoms. The zero-order chi connectivity index (χ0) is 10.6. The van der Waals surface area contributed by atoms with Crippen LogP contribution in [0.25, 0.3) is 0 Å². The van der Waals surface area contributed by atoms with Crippen molar-refractivity contribution in [3.8, 4) is 0 Å². The summed E-state index contributed by atoms with van der Waals surface area (Å²) in [4.78, 5) is 14.6. The van der Waals surface area contributed by atoms with Gasteiger partial charge >= 0.3 is 0 Å². The van der Waals surface area contributed by atoms with Crippen molar-refractivity contribution in [1.82, 2.24) is 4.98 Å². The number of pyridine rings is 1. The first kappa shape index (κ1) is 10.6. The van der Waals surface area contributed by atoms with Crippen LogP contribution in [0.2, 0.25) is 0 Å². The molecule has 2 N–H and O–H groups in total. The number of carbonyl (C=O) groups is 1. The van der Waals surface area contributed by atoms with E-state index in [1.165, 1.54) is 26.5 Å². The number of carbonyl (C=O) groups excluding carboxylic acids is 1. The third kappa shape index (κ3) is 2.27. The van der Waals surface area contributed by atoms with Gasteiger partial charge in [0, 0.05) is 26.0 Å². The minimum Gasteiger partial charge on any atom is -0.364 e. The van der Waals surface area contributed by atoms with Gasteiger partial charge in [-0.05, 0) is 6.07 Å². The van der Waals surface area contributed by atoms with Crippen molar-refractivity contribution in [2.24, 2.45) is 5.73 Å². The Hall–Kier alpha value is -1.46. The Bertz CT molecular complexity index is 306. The third-order valence-corrected chi connectivity index (χ3v) is 1.74. The Morgan fingerprint density at radius 2 is 2.07 bits per heavy atom. The van der Waals surface area contributed by atoms with Crippen LogP contribution in [0.15, 0.2) is 18.3 Å². The molecule has 0 spiro atoms. The fourth-order valence-corrected chi connectivity index (χ4v) is 1.06. The lowest BCUT2D eigenvalue weighted by Gasteiger charge is -2.12. The Kier molecular flexibility index (Phi) is 3.55. The number of amides is 1. The standard InChI is InChI=1S/C9H12N2O3/c1-13-9(14-2)6-3-4-7(8(10)12)11-5-6/h3-5,9H,1-2H3,(H2,10,12). The SMILES string of the molecule is COC(OC)c1ccc(C(N)=O)nc1. The van der Waals surface area contributed by atoms with Crippen molar-refractivity contribution in [3.05, 3.63) is 29.6 Å². The fraction of sp³-hybridized carbons (Fsp3) is 0.333. The van der Waals surface area contributed by atoms with E-state index in [1.807, 2.05) is 0 Å². The summed E-state index contributed by atoms with van der Waals surface area (Å²) in [5.41, 5.74) is 6.00. The van der Waals surface area contributed by atoms with Gasteiger partial charge in [-0.3, -0.25) is 9.78 Å². The van der Waals surface area contributed by atoms with Crippen molar-refractivity contribution in [3.63, 3.8) is 0 Å². The number of methoxy groups -OCH3 is 2. The van der Waals surface area contributed by atoms with E-state index < -0.39 is 12.2 Å². The van der Waals surface area contributed by atoms with Gasteiger partial charge in [-0.2, -0.15) is 0 Å². The first-order chi connectivity index (χ1) is 6.69. The molecule has 0 aliphatic heterocycles. The van der Waals surface area contributed by atoms with Gasteiger partial charge in [0.05, 0.1) is 0 Å². The van der Waals surface area contributed by atoms with Gasteiger partial charge < -0.3 is 15.2 Å². The minimum atomic E-state index is -0.553. The number of hydrogen-bond donors (Lipinski definition) is 1. The molecule has 0 aliphatic carbocycles. The Balaban J connectivity index is 2.87. The van der Waals surface area contributed by atoms with Crippen LogP contribution < -0.4 is 5.73 Å². The van der Waals surface area contributed by atoms with Gasteiger partial charge in [0.1, 0.15) is 5.69 Å². The molecule has 0 bridgehead atoms. The highest BCUT2D eigenvalue weighted by atomic mass is 16.7. The van der Waals surface area contributed by atoms with E-state index in [4.69, 9.17) is 15.2 Å². The first-order valence-corrected chi connectivity index (χ1v) is 4.00. The normalized spacial score (nSPS) is 10.5. The number of nitrogens with two attached hydrogens (primary N) is 1. The number of hydrogen-bond acceptors (Lipinski definition) is 4. The average molecular weight is 196 g/mol. The smallest absolute Gasteiger partial charge is 0.267 e. The lowest BCUT2D eigenvalue weighted by Crippen LogP contribution is -2.13. The first-order valence-electron chi connectivity index (χ1n) is 4.00. The van der Waals surface area contributed by atoms with Gasteiger partial charge in [-0.25, -0.2) is 0 Å².